The van der Waals surface area contributed by atoms with Crippen molar-refractivity contribution in [3.05, 3.63) is 64.4 Å². The van der Waals surface area contributed by atoms with Crippen molar-refractivity contribution in [2.24, 2.45) is 5.73 Å². The summed E-state index contributed by atoms with van der Waals surface area (Å²) in [5.74, 6) is -1.30. The van der Waals surface area contributed by atoms with Gasteiger partial charge in [-0.3, -0.25) is 9.59 Å². The van der Waals surface area contributed by atoms with Crippen molar-refractivity contribution in [2.75, 3.05) is 12.8 Å². The van der Waals surface area contributed by atoms with Gasteiger partial charge in [-0.15, -0.1) is 11.8 Å². The Morgan fingerprint density at radius 1 is 1.25 bits per heavy atom. The summed E-state index contributed by atoms with van der Waals surface area (Å²) in [6.07, 6.45) is 0. The van der Waals surface area contributed by atoms with E-state index < -0.39 is 17.8 Å². The van der Waals surface area contributed by atoms with Gasteiger partial charge in [-0.25, -0.2) is 4.39 Å². The first-order valence-corrected chi connectivity index (χ1v) is 8.85. The van der Waals surface area contributed by atoms with Crippen LogP contribution in [0.15, 0.2) is 57.9 Å². The van der Waals surface area contributed by atoms with Crippen molar-refractivity contribution in [1.29, 1.82) is 0 Å². The summed E-state index contributed by atoms with van der Waals surface area (Å²) in [5, 5.41) is 0. The highest BCUT2D eigenvalue weighted by molar-refractivity contribution is 9.10. The number of nitrogens with zero attached hydrogens (tertiary/aromatic N) is 1. The van der Waals surface area contributed by atoms with Crippen LogP contribution in [0.4, 0.5) is 4.39 Å². The third-order valence-electron chi connectivity index (χ3n) is 3.39. The fourth-order valence-corrected chi connectivity index (χ4v) is 3.26. The molecule has 0 radical (unpaired) electrons. The van der Waals surface area contributed by atoms with Gasteiger partial charge in [-0.1, -0.05) is 28.1 Å². The van der Waals surface area contributed by atoms with Crippen LogP contribution in [0.3, 0.4) is 0 Å². The Kier molecular flexibility index (Phi) is 6.39. The van der Waals surface area contributed by atoms with Gasteiger partial charge >= 0.3 is 0 Å². The Labute approximate surface area is 152 Å². The molecule has 0 fully saturated rings. The van der Waals surface area contributed by atoms with Crippen LogP contribution in [0.25, 0.3) is 0 Å². The van der Waals surface area contributed by atoms with Crippen LogP contribution in [-0.4, -0.2) is 29.5 Å². The predicted molar refractivity (Wildman–Crippen MR) is 96.0 cm³/mol. The molecule has 0 bridgehead atoms. The van der Waals surface area contributed by atoms with Crippen LogP contribution < -0.4 is 5.73 Å². The van der Waals surface area contributed by atoms with Gasteiger partial charge in [0.05, 0.1) is 5.75 Å². The van der Waals surface area contributed by atoms with E-state index in [9.17, 15) is 14.0 Å². The number of nitrogens with two attached hydrogens (primary N) is 1. The molecule has 1 atom stereocenters. The maximum Gasteiger partial charge on any atom is 0.244 e. The largest absolute Gasteiger partial charge is 0.368 e. The van der Waals surface area contributed by atoms with E-state index in [-0.39, 0.29) is 11.7 Å². The molecule has 0 aliphatic heterocycles. The Hall–Kier alpha value is -1.86. The normalized spacial score (nSPS) is 11.8. The van der Waals surface area contributed by atoms with Gasteiger partial charge in [0.1, 0.15) is 11.9 Å². The Morgan fingerprint density at radius 3 is 2.50 bits per heavy atom. The van der Waals surface area contributed by atoms with E-state index >= 15 is 0 Å². The maximum atomic E-state index is 13.4. The van der Waals surface area contributed by atoms with Crippen molar-refractivity contribution in [3.8, 4) is 0 Å². The number of benzene rings is 2. The van der Waals surface area contributed by atoms with Gasteiger partial charge in [0.15, 0.2) is 0 Å². The summed E-state index contributed by atoms with van der Waals surface area (Å²) in [5.41, 5.74) is 5.77. The minimum absolute atomic E-state index is 0.150. The molecule has 0 saturated carbocycles. The summed E-state index contributed by atoms with van der Waals surface area (Å²) in [6.45, 7) is 0. The molecule has 2 amide bonds. The summed E-state index contributed by atoms with van der Waals surface area (Å²) in [7, 11) is 1.49. The molecule has 0 spiro atoms. The maximum absolute atomic E-state index is 13.4. The highest BCUT2D eigenvalue weighted by Crippen LogP contribution is 2.24. The van der Waals surface area contributed by atoms with Gasteiger partial charge in [0, 0.05) is 16.4 Å². The fraction of sp³-hybridized carbons (Fsp3) is 0.176. The average molecular weight is 411 g/mol. The van der Waals surface area contributed by atoms with Crippen LogP contribution >= 0.6 is 27.7 Å². The Morgan fingerprint density at radius 2 is 1.92 bits per heavy atom. The molecule has 0 heterocycles. The van der Waals surface area contributed by atoms with Gasteiger partial charge in [-0.05, 0) is 42.0 Å². The van der Waals surface area contributed by atoms with Crippen molar-refractivity contribution in [3.63, 3.8) is 0 Å². The second-order valence-electron chi connectivity index (χ2n) is 5.11. The molecule has 24 heavy (non-hydrogen) atoms. The van der Waals surface area contributed by atoms with Gasteiger partial charge < -0.3 is 10.6 Å². The van der Waals surface area contributed by atoms with E-state index in [1.807, 2.05) is 24.3 Å². The van der Waals surface area contributed by atoms with Gasteiger partial charge in [-0.2, -0.15) is 0 Å². The first-order chi connectivity index (χ1) is 11.4. The lowest BCUT2D eigenvalue weighted by molar-refractivity contribution is -0.136. The van der Waals surface area contributed by atoms with Crippen LogP contribution in [0.1, 0.15) is 11.6 Å². The molecule has 7 heteroatoms. The lowest BCUT2D eigenvalue weighted by Gasteiger charge is -2.26. The molecule has 2 aromatic rings. The zero-order valence-electron chi connectivity index (χ0n) is 12.9. The topological polar surface area (TPSA) is 63.4 Å². The first kappa shape index (κ1) is 18.5. The molecule has 2 N–H and O–H groups in total. The van der Waals surface area contributed by atoms with Crippen LogP contribution in [0.2, 0.25) is 0 Å². The summed E-state index contributed by atoms with van der Waals surface area (Å²) in [6, 6.07) is 12.1. The second kappa shape index (κ2) is 8.30. The van der Waals surface area contributed by atoms with Crippen LogP contribution in [0.5, 0.6) is 0 Å². The molecular weight excluding hydrogens is 395 g/mol. The van der Waals surface area contributed by atoms with E-state index in [4.69, 9.17) is 5.73 Å². The predicted octanol–water partition coefficient (Wildman–Crippen LogP) is 3.37. The molecule has 2 rings (SSSR count). The molecule has 2 aromatic carbocycles. The third-order valence-corrected chi connectivity index (χ3v) is 4.92. The number of primary amides is 1. The number of rotatable bonds is 6. The smallest absolute Gasteiger partial charge is 0.244 e. The SMILES string of the molecule is CN(C(=O)CSc1ccc(Br)cc1)C(C(N)=O)c1cccc(F)c1. The molecule has 0 saturated heterocycles. The minimum atomic E-state index is -1.00. The van der Waals surface area contributed by atoms with Gasteiger partial charge in [0.2, 0.25) is 11.8 Å². The highest BCUT2D eigenvalue weighted by Gasteiger charge is 2.26. The number of carbonyl (C=O) groups is 2. The molecule has 1 unspecified atom stereocenters. The number of amides is 2. The highest BCUT2D eigenvalue weighted by atomic mass is 79.9. The molecule has 126 valence electrons. The fourth-order valence-electron chi connectivity index (χ4n) is 2.18. The average Bonchev–Trinajstić information content (AvgIpc) is 2.54. The lowest BCUT2D eigenvalue weighted by Crippen LogP contribution is -2.40. The summed E-state index contributed by atoms with van der Waals surface area (Å²) >= 11 is 4.70. The van der Waals surface area contributed by atoms with E-state index in [0.29, 0.717) is 5.56 Å². The Balaban J connectivity index is 2.08. The van der Waals surface area contributed by atoms with E-state index in [0.717, 1.165) is 9.37 Å². The summed E-state index contributed by atoms with van der Waals surface area (Å²) in [4.78, 5) is 26.3. The first-order valence-electron chi connectivity index (χ1n) is 7.07. The number of hydrogen-bond donors (Lipinski definition) is 1. The number of hydrogen-bond acceptors (Lipinski definition) is 3. The zero-order valence-corrected chi connectivity index (χ0v) is 15.3. The lowest BCUT2D eigenvalue weighted by atomic mass is 10.0. The number of thioether (sulfide) groups is 1. The van der Waals surface area contributed by atoms with Crippen LogP contribution in [0, 0.1) is 5.82 Å². The number of carbonyl (C=O) groups excluding carboxylic acids is 2. The molecule has 0 aliphatic rings. The third kappa shape index (κ3) is 4.82. The standard InChI is InChI=1S/C17H16BrFN2O2S/c1-21(15(22)10-24-14-7-5-12(18)6-8-14)16(17(20)23)11-3-2-4-13(19)9-11/h2-9,16H,10H2,1H3,(H2,20,23). The molecular formula is C17H16BrFN2O2S. The van der Waals surface area contributed by atoms with Crippen LogP contribution in [-0.2, 0) is 9.59 Å². The quantitative estimate of drug-likeness (QED) is 0.742. The second-order valence-corrected chi connectivity index (χ2v) is 7.07. The van der Waals surface area contributed by atoms with E-state index in [2.05, 4.69) is 15.9 Å². The monoisotopic (exact) mass is 410 g/mol. The number of halogens is 2. The Bertz CT molecular complexity index is 740. The van der Waals surface area contributed by atoms with Crippen molar-refractivity contribution >= 4 is 39.5 Å². The van der Waals surface area contributed by atoms with Crippen molar-refractivity contribution < 1.29 is 14.0 Å². The molecule has 4 nitrogen and oxygen atoms in total. The molecule has 0 aliphatic carbocycles. The summed E-state index contributed by atoms with van der Waals surface area (Å²) < 4.78 is 14.3. The molecule has 0 aromatic heterocycles. The number of likely N-dealkylation sites (N-methyl/N-ethyl adjacent to an activating group) is 1. The van der Waals surface area contributed by atoms with Crippen molar-refractivity contribution in [1.82, 2.24) is 4.90 Å². The van der Waals surface area contributed by atoms with Gasteiger partial charge in [0.25, 0.3) is 0 Å². The zero-order chi connectivity index (χ0) is 17.7. The van der Waals surface area contributed by atoms with E-state index in [1.165, 1.54) is 41.9 Å². The minimum Gasteiger partial charge on any atom is -0.368 e. The van der Waals surface area contributed by atoms with Crippen molar-refractivity contribution in [2.45, 2.75) is 10.9 Å². The van der Waals surface area contributed by atoms with E-state index in [1.54, 1.807) is 6.07 Å².